The summed E-state index contributed by atoms with van der Waals surface area (Å²) in [7, 11) is 1.60. The van der Waals surface area contributed by atoms with Crippen molar-refractivity contribution in [3.63, 3.8) is 0 Å². The van der Waals surface area contributed by atoms with Crippen molar-refractivity contribution in [2.75, 3.05) is 31.7 Å². The maximum absolute atomic E-state index is 11.7. The monoisotopic (exact) mass is 409 g/mol. The summed E-state index contributed by atoms with van der Waals surface area (Å²) in [6, 6.07) is 10.5. The van der Waals surface area contributed by atoms with E-state index in [0.717, 1.165) is 55.8 Å². The van der Waals surface area contributed by atoms with Crippen molar-refractivity contribution >= 4 is 17.7 Å². The van der Waals surface area contributed by atoms with Gasteiger partial charge in [-0.3, -0.25) is 0 Å². The van der Waals surface area contributed by atoms with E-state index in [-0.39, 0.29) is 6.04 Å². The zero-order valence-electron chi connectivity index (χ0n) is 17.9. The van der Waals surface area contributed by atoms with Gasteiger partial charge >= 0.3 is 0 Å². The minimum Gasteiger partial charge on any atom is -0.494 e. The van der Waals surface area contributed by atoms with Crippen LogP contribution in [0, 0.1) is 0 Å². The summed E-state index contributed by atoms with van der Waals surface area (Å²) in [5, 5.41) is 0. The van der Waals surface area contributed by atoms with Crippen molar-refractivity contribution in [2.24, 2.45) is 0 Å². The smallest absolute Gasteiger partial charge is 0.213 e. The highest BCUT2D eigenvalue weighted by Gasteiger charge is 2.28. The zero-order chi connectivity index (χ0) is 20.9. The van der Waals surface area contributed by atoms with Gasteiger partial charge in [-0.25, -0.2) is 4.98 Å². The molecule has 0 spiro atoms. The average Bonchev–Trinajstić information content (AvgIpc) is 3.20. The molecule has 0 bridgehead atoms. The van der Waals surface area contributed by atoms with Crippen LogP contribution in [0.3, 0.4) is 0 Å². The molecule has 0 aliphatic carbocycles. The third-order valence-corrected chi connectivity index (χ3v) is 6.27. The molecule has 2 aliphatic rings. The Morgan fingerprint density at radius 2 is 2.13 bits per heavy atom. The molecule has 2 aromatic rings. The second-order valence-corrected chi connectivity index (χ2v) is 8.19. The number of nitrogens with zero attached hydrogens (tertiary/aromatic N) is 3. The van der Waals surface area contributed by atoms with E-state index in [0.29, 0.717) is 11.9 Å². The maximum atomic E-state index is 11.7. The number of pyridine rings is 1. The van der Waals surface area contributed by atoms with Crippen molar-refractivity contribution in [3.05, 3.63) is 42.1 Å². The Balaban J connectivity index is 1.44. The molecule has 0 N–H and O–H groups in total. The second kappa shape index (κ2) is 9.47. The molecular weight excluding hydrogens is 378 g/mol. The van der Waals surface area contributed by atoms with Crippen molar-refractivity contribution in [1.29, 1.82) is 0 Å². The quantitative estimate of drug-likeness (QED) is 0.485. The van der Waals surface area contributed by atoms with Gasteiger partial charge in [0, 0.05) is 24.3 Å². The number of ether oxygens (including phenoxy) is 2. The molecule has 0 amide bonds. The van der Waals surface area contributed by atoms with Crippen molar-refractivity contribution in [1.82, 2.24) is 9.88 Å². The Hall–Kier alpha value is -2.60. The van der Waals surface area contributed by atoms with Crippen LogP contribution < -0.4 is 14.4 Å². The van der Waals surface area contributed by atoms with E-state index in [1.54, 1.807) is 13.3 Å². The minimum atomic E-state index is -0.193. The predicted octanol–water partition coefficient (Wildman–Crippen LogP) is 4.00. The lowest BCUT2D eigenvalue weighted by Crippen LogP contribution is -2.36. The van der Waals surface area contributed by atoms with Gasteiger partial charge < -0.3 is 24.1 Å². The van der Waals surface area contributed by atoms with Crippen LogP contribution in [0.5, 0.6) is 11.6 Å². The summed E-state index contributed by atoms with van der Waals surface area (Å²) in [6.07, 6.45) is 8.09. The number of benzene rings is 1. The first-order valence-electron chi connectivity index (χ1n) is 10.9. The lowest BCUT2D eigenvalue weighted by molar-refractivity contribution is -0.109. The number of fused-ring (bicyclic) bond motifs is 1. The van der Waals surface area contributed by atoms with E-state index in [1.165, 1.54) is 24.9 Å². The van der Waals surface area contributed by atoms with Gasteiger partial charge in [-0.15, -0.1) is 0 Å². The molecule has 0 saturated carbocycles. The number of carbonyl (C=O) groups is 1. The fraction of sp³-hybridized carbons (Fsp3) is 0.500. The number of aldehydes is 1. The van der Waals surface area contributed by atoms with Crippen molar-refractivity contribution in [3.8, 4) is 11.6 Å². The highest BCUT2D eigenvalue weighted by Crippen LogP contribution is 2.38. The Morgan fingerprint density at radius 1 is 1.23 bits per heavy atom. The lowest BCUT2D eigenvalue weighted by Gasteiger charge is -2.36. The molecular formula is C24H31N3O3. The number of likely N-dealkylation sites (tertiary alicyclic amines) is 1. The van der Waals surface area contributed by atoms with Crippen LogP contribution in [0.1, 0.15) is 38.2 Å². The molecule has 1 aromatic carbocycles. The summed E-state index contributed by atoms with van der Waals surface area (Å²) < 4.78 is 11.2. The van der Waals surface area contributed by atoms with E-state index >= 15 is 0 Å². The van der Waals surface area contributed by atoms with Gasteiger partial charge in [0.05, 0.1) is 31.6 Å². The van der Waals surface area contributed by atoms with Crippen LogP contribution in [0.15, 0.2) is 36.5 Å². The average molecular weight is 410 g/mol. The number of carbonyl (C=O) groups excluding carboxylic acids is 1. The zero-order valence-corrected chi connectivity index (χ0v) is 17.9. The minimum absolute atomic E-state index is 0.193. The third kappa shape index (κ3) is 4.43. The Kier molecular flexibility index (Phi) is 6.53. The van der Waals surface area contributed by atoms with E-state index in [2.05, 4.69) is 33.8 Å². The lowest BCUT2D eigenvalue weighted by atomic mass is 9.95. The highest BCUT2D eigenvalue weighted by molar-refractivity contribution is 5.78. The molecule has 2 atom stereocenters. The fourth-order valence-corrected chi connectivity index (χ4v) is 4.58. The highest BCUT2D eigenvalue weighted by atomic mass is 16.5. The molecule has 160 valence electrons. The Labute approximate surface area is 178 Å². The summed E-state index contributed by atoms with van der Waals surface area (Å²) >= 11 is 0. The Bertz CT molecular complexity index is 855. The van der Waals surface area contributed by atoms with Crippen molar-refractivity contribution < 1.29 is 14.3 Å². The SMILES string of the molecule is COc1ccc(N2c3ccc(OCCCN4CCC[C@H]4C)cc3CCC2C=O)cn1. The van der Waals surface area contributed by atoms with Gasteiger partial charge in [0.15, 0.2) is 0 Å². The Morgan fingerprint density at radius 3 is 2.83 bits per heavy atom. The molecule has 2 aliphatic heterocycles. The number of aromatic nitrogens is 1. The summed E-state index contributed by atoms with van der Waals surface area (Å²) in [6.45, 7) is 5.36. The number of hydrogen-bond acceptors (Lipinski definition) is 6. The van der Waals surface area contributed by atoms with Crippen LogP contribution in [-0.4, -0.2) is 55.1 Å². The summed E-state index contributed by atoms with van der Waals surface area (Å²) in [5.74, 6) is 1.46. The third-order valence-electron chi connectivity index (χ3n) is 6.27. The summed E-state index contributed by atoms with van der Waals surface area (Å²) in [5.41, 5.74) is 3.14. The maximum Gasteiger partial charge on any atom is 0.213 e. The van der Waals surface area contributed by atoms with Crippen LogP contribution in [0.25, 0.3) is 0 Å². The van der Waals surface area contributed by atoms with Crippen LogP contribution >= 0.6 is 0 Å². The predicted molar refractivity (Wildman–Crippen MR) is 118 cm³/mol. The number of anilines is 2. The molecule has 1 saturated heterocycles. The number of hydrogen-bond donors (Lipinski definition) is 0. The topological polar surface area (TPSA) is 54.9 Å². The van der Waals surface area contributed by atoms with Gasteiger partial charge in [0.1, 0.15) is 12.0 Å². The van der Waals surface area contributed by atoms with Gasteiger partial charge in [0.2, 0.25) is 5.88 Å². The molecule has 6 nitrogen and oxygen atoms in total. The molecule has 6 heteroatoms. The van der Waals surface area contributed by atoms with Gasteiger partial charge in [0.25, 0.3) is 0 Å². The van der Waals surface area contributed by atoms with Crippen LogP contribution in [0.4, 0.5) is 11.4 Å². The van der Waals surface area contributed by atoms with E-state index in [9.17, 15) is 4.79 Å². The second-order valence-electron chi connectivity index (χ2n) is 8.19. The number of rotatable bonds is 8. The fourth-order valence-electron chi connectivity index (χ4n) is 4.58. The van der Waals surface area contributed by atoms with Gasteiger partial charge in [-0.05, 0) is 75.4 Å². The van der Waals surface area contributed by atoms with Crippen molar-refractivity contribution in [2.45, 2.75) is 51.1 Å². The van der Waals surface area contributed by atoms with E-state index in [1.807, 2.05) is 18.2 Å². The molecule has 1 unspecified atom stereocenters. The normalized spacial score (nSPS) is 21.3. The molecule has 1 fully saturated rings. The first-order valence-corrected chi connectivity index (χ1v) is 10.9. The molecule has 1 aromatic heterocycles. The van der Waals surface area contributed by atoms with Gasteiger partial charge in [-0.1, -0.05) is 0 Å². The number of methoxy groups -OCH3 is 1. The molecule has 30 heavy (non-hydrogen) atoms. The largest absolute Gasteiger partial charge is 0.494 e. The van der Waals surface area contributed by atoms with Crippen LogP contribution in [-0.2, 0) is 11.2 Å². The molecule has 4 rings (SSSR count). The van der Waals surface area contributed by atoms with E-state index < -0.39 is 0 Å². The first kappa shape index (κ1) is 20.7. The number of aryl methyl sites for hydroxylation is 1. The standard InChI is InChI=1S/C24H31N3O3/c1-18-5-3-12-26(18)13-4-14-30-22-9-10-23-19(15-22)6-7-21(17-28)27(23)20-8-11-24(29-2)25-16-20/h8-11,15-18,21H,3-7,12-14H2,1-2H3/t18-,21?/m1/s1. The van der Waals surface area contributed by atoms with Crippen LogP contribution in [0.2, 0.25) is 0 Å². The molecule has 0 radical (unpaired) electrons. The van der Waals surface area contributed by atoms with Gasteiger partial charge in [-0.2, -0.15) is 0 Å². The summed E-state index contributed by atoms with van der Waals surface area (Å²) in [4.78, 5) is 20.7. The first-order chi connectivity index (χ1) is 14.7. The van der Waals surface area contributed by atoms with E-state index in [4.69, 9.17) is 9.47 Å². The molecule has 3 heterocycles.